The first-order valence-corrected chi connectivity index (χ1v) is 13.6. The molecule has 0 spiro atoms. The highest BCUT2D eigenvalue weighted by molar-refractivity contribution is 7.92. The van der Waals surface area contributed by atoms with Gasteiger partial charge in [0.25, 0.3) is 10.0 Å². The second-order valence-corrected chi connectivity index (χ2v) is 11.4. The summed E-state index contributed by atoms with van der Waals surface area (Å²) in [5, 5.41) is 0. The van der Waals surface area contributed by atoms with E-state index in [0.717, 1.165) is 0 Å². The number of aryl methyl sites for hydroxylation is 2. The molecule has 204 valence electrons. The Hall–Kier alpha value is -3.25. The molecule has 0 bridgehead atoms. The van der Waals surface area contributed by atoms with E-state index >= 15 is 0 Å². The Kier molecular flexibility index (Phi) is 7.93. The van der Waals surface area contributed by atoms with Crippen LogP contribution in [0.5, 0.6) is 5.88 Å². The van der Waals surface area contributed by atoms with E-state index < -0.39 is 21.8 Å². The topological polar surface area (TPSA) is 97.3 Å². The Labute approximate surface area is 220 Å². The average molecular weight is 550 g/mol. The molecule has 1 aliphatic rings. The van der Waals surface area contributed by atoms with Crippen LogP contribution in [0, 0.1) is 13.8 Å². The molecule has 3 aromatic rings. The van der Waals surface area contributed by atoms with Crippen molar-refractivity contribution in [2.75, 3.05) is 18.8 Å². The van der Waals surface area contributed by atoms with Crippen LogP contribution in [0.4, 0.5) is 19.0 Å². The maximum Gasteiger partial charge on any atom is 0.416 e. The number of hydrogen-bond donors (Lipinski definition) is 1. The van der Waals surface area contributed by atoms with Crippen molar-refractivity contribution >= 4 is 15.8 Å². The second-order valence-electron chi connectivity index (χ2n) is 9.76. The molecule has 1 N–H and O–H groups in total. The number of pyridine rings is 1. The molecule has 0 aliphatic heterocycles. The van der Waals surface area contributed by atoms with E-state index in [1.54, 1.807) is 13.8 Å². The van der Waals surface area contributed by atoms with Crippen LogP contribution in [0.25, 0.3) is 0 Å². The van der Waals surface area contributed by atoms with Gasteiger partial charge in [0.1, 0.15) is 23.1 Å². The standard InChI is InChI=1S/C26H30F3N5O3S/c1-16-11-19(13-20(12-16)26(27,28)29)18-5-6-22(21(14-18)34(3)4)37-25-8-7-23(17(2)32-25)38(35,36)33-24-9-10-30-15-31-24/h7-13,15,18,21-22H,5-6,14H2,1-4H3,(H,30,31,33)/t18-,21-,22-/m0/s1. The highest BCUT2D eigenvalue weighted by Gasteiger charge is 2.36. The number of nitrogens with one attached hydrogen (secondary N) is 1. The van der Waals surface area contributed by atoms with Crippen LogP contribution < -0.4 is 9.46 Å². The van der Waals surface area contributed by atoms with E-state index in [1.165, 1.54) is 42.9 Å². The minimum Gasteiger partial charge on any atom is -0.473 e. The number of sulfonamides is 1. The molecule has 1 saturated carbocycles. The van der Waals surface area contributed by atoms with Crippen molar-refractivity contribution in [3.8, 4) is 5.88 Å². The first-order valence-electron chi connectivity index (χ1n) is 12.1. The molecule has 0 radical (unpaired) electrons. The summed E-state index contributed by atoms with van der Waals surface area (Å²) in [5.74, 6) is 0.383. The number of halogens is 3. The third-order valence-corrected chi connectivity index (χ3v) is 8.20. The zero-order valence-electron chi connectivity index (χ0n) is 21.5. The number of anilines is 1. The van der Waals surface area contributed by atoms with Crippen molar-refractivity contribution in [1.82, 2.24) is 19.9 Å². The Morgan fingerprint density at radius 3 is 2.47 bits per heavy atom. The monoisotopic (exact) mass is 549 g/mol. The summed E-state index contributed by atoms with van der Waals surface area (Å²) in [6.45, 7) is 3.26. The van der Waals surface area contributed by atoms with Crippen LogP contribution in [0.15, 0.2) is 53.8 Å². The van der Waals surface area contributed by atoms with Gasteiger partial charge in [-0.25, -0.2) is 23.4 Å². The molecule has 1 aromatic carbocycles. The molecule has 0 saturated heterocycles. The second kappa shape index (κ2) is 10.9. The lowest BCUT2D eigenvalue weighted by Crippen LogP contribution is -2.46. The smallest absolute Gasteiger partial charge is 0.416 e. The van der Waals surface area contributed by atoms with Gasteiger partial charge in [-0.15, -0.1) is 0 Å². The van der Waals surface area contributed by atoms with Crippen molar-refractivity contribution in [2.45, 2.75) is 62.2 Å². The first-order chi connectivity index (χ1) is 17.8. The van der Waals surface area contributed by atoms with Crippen molar-refractivity contribution < 1.29 is 26.3 Å². The number of aromatic nitrogens is 3. The molecule has 2 heterocycles. The predicted molar refractivity (Wildman–Crippen MR) is 136 cm³/mol. The minimum absolute atomic E-state index is 0.00348. The van der Waals surface area contributed by atoms with Crippen molar-refractivity contribution in [1.29, 1.82) is 0 Å². The number of rotatable bonds is 7. The number of alkyl halides is 3. The van der Waals surface area contributed by atoms with Gasteiger partial charge in [-0.3, -0.25) is 4.72 Å². The van der Waals surface area contributed by atoms with E-state index in [4.69, 9.17) is 4.74 Å². The molecule has 3 atom stereocenters. The predicted octanol–water partition coefficient (Wildman–Crippen LogP) is 4.95. The highest BCUT2D eigenvalue weighted by atomic mass is 32.2. The van der Waals surface area contributed by atoms with Gasteiger partial charge in [-0.05, 0) is 83.0 Å². The van der Waals surface area contributed by atoms with E-state index in [2.05, 4.69) is 19.7 Å². The third kappa shape index (κ3) is 6.41. The summed E-state index contributed by atoms with van der Waals surface area (Å²) in [6.07, 6.45) is -0.103. The van der Waals surface area contributed by atoms with Gasteiger partial charge in [0.15, 0.2) is 0 Å². The van der Waals surface area contributed by atoms with E-state index in [9.17, 15) is 21.6 Å². The van der Waals surface area contributed by atoms with Crippen LogP contribution in [0.3, 0.4) is 0 Å². The maximum atomic E-state index is 13.4. The fourth-order valence-electron chi connectivity index (χ4n) is 4.89. The lowest BCUT2D eigenvalue weighted by atomic mass is 9.78. The molecular formula is C26H30F3N5O3S. The number of benzene rings is 1. The van der Waals surface area contributed by atoms with Gasteiger partial charge in [0.2, 0.25) is 5.88 Å². The summed E-state index contributed by atoms with van der Waals surface area (Å²) in [5.41, 5.74) is 0.899. The third-order valence-electron chi connectivity index (χ3n) is 6.71. The number of nitrogens with zero attached hydrogens (tertiary/aromatic N) is 4. The van der Waals surface area contributed by atoms with Gasteiger partial charge in [0.05, 0.1) is 11.3 Å². The molecule has 0 amide bonds. The highest BCUT2D eigenvalue weighted by Crippen LogP contribution is 2.39. The van der Waals surface area contributed by atoms with Crippen molar-refractivity contribution in [3.63, 3.8) is 0 Å². The Morgan fingerprint density at radius 2 is 1.84 bits per heavy atom. The lowest BCUT2D eigenvalue weighted by molar-refractivity contribution is -0.137. The zero-order valence-corrected chi connectivity index (χ0v) is 22.3. The lowest BCUT2D eigenvalue weighted by Gasteiger charge is -2.39. The molecule has 2 aromatic heterocycles. The minimum atomic E-state index is -4.39. The van der Waals surface area contributed by atoms with Gasteiger partial charge in [0, 0.05) is 18.3 Å². The fraction of sp³-hybridized carbons (Fsp3) is 0.423. The summed E-state index contributed by atoms with van der Waals surface area (Å²) in [7, 11) is -0.0989. The average Bonchev–Trinajstić information content (AvgIpc) is 2.83. The molecule has 12 heteroatoms. The zero-order chi connectivity index (χ0) is 27.7. The normalized spacial score (nSPS) is 20.4. The quantitative estimate of drug-likeness (QED) is 0.445. The first kappa shape index (κ1) is 27.8. The SMILES string of the molecule is Cc1cc([C@H]2CC[C@H](Oc3ccc(S(=O)(=O)Nc4ccncn4)c(C)n3)[C@@H](N(C)C)C2)cc(C(F)(F)F)c1. The molecule has 1 aliphatic carbocycles. The van der Waals surface area contributed by atoms with Crippen molar-refractivity contribution in [2.24, 2.45) is 0 Å². The fourth-order valence-corrected chi connectivity index (χ4v) is 6.08. The van der Waals surface area contributed by atoms with Crippen LogP contribution in [-0.2, 0) is 16.2 Å². The summed E-state index contributed by atoms with van der Waals surface area (Å²) in [4.78, 5) is 14.0. The van der Waals surface area contributed by atoms with Gasteiger partial charge < -0.3 is 9.64 Å². The number of likely N-dealkylation sites (N-methyl/N-ethyl adjacent to an activating group) is 1. The van der Waals surface area contributed by atoms with E-state index in [-0.39, 0.29) is 40.4 Å². The molecule has 0 unspecified atom stereocenters. The van der Waals surface area contributed by atoms with Gasteiger partial charge in [-0.1, -0.05) is 11.6 Å². The summed E-state index contributed by atoms with van der Waals surface area (Å²) in [6, 6.07) is 8.56. The van der Waals surface area contributed by atoms with Crippen LogP contribution >= 0.6 is 0 Å². The van der Waals surface area contributed by atoms with Gasteiger partial charge in [-0.2, -0.15) is 13.2 Å². The van der Waals surface area contributed by atoms with Crippen LogP contribution in [-0.4, -0.2) is 54.5 Å². The molecular weight excluding hydrogens is 519 g/mol. The van der Waals surface area contributed by atoms with E-state index in [1.807, 2.05) is 25.1 Å². The Bertz CT molecular complexity index is 1380. The van der Waals surface area contributed by atoms with E-state index in [0.29, 0.717) is 30.4 Å². The summed E-state index contributed by atoms with van der Waals surface area (Å²) < 4.78 is 74.4. The molecule has 38 heavy (non-hydrogen) atoms. The Balaban J connectivity index is 1.50. The van der Waals surface area contributed by atoms with Gasteiger partial charge >= 0.3 is 6.18 Å². The molecule has 1 fully saturated rings. The Morgan fingerprint density at radius 1 is 1.08 bits per heavy atom. The van der Waals surface area contributed by atoms with Crippen LogP contribution in [0.2, 0.25) is 0 Å². The number of ether oxygens (including phenoxy) is 1. The largest absolute Gasteiger partial charge is 0.473 e. The summed E-state index contributed by atoms with van der Waals surface area (Å²) >= 11 is 0. The molecule has 8 nitrogen and oxygen atoms in total. The maximum absolute atomic E-state index is 13.4. The molecule has 4 rings (SSSR count). The number of hydrogen-bond acceptors (Lipinski definition) is 7. The van der Waals surface area contributed by atoms with Crippen molar-refractivity contribution in [3.05, 3.63) is 71.3 Å². The van der Waals surface area contributed by atoms with Crippen LogP contribution in [0.1, 0.15) is 47.6 Å².